The van der Waals surface area contributed by atoms with Gasteiger partial charge in [0.15, 0.2) is 0 Å². The van der Waals surface area contributed by atoms with Gasteiger partial charge in [0, 0.05) is 17.1 Å². The molecule has 4 aromatic rings. The van der Waals surface area contributed by atoms with Crippen molar-refractivity contribution in [3.8, 4) is 11.5 Å². The van der Waals surface area contributed by atoms with Crippen LogP contribution in [0.5, 0.6) is 11.5 Å². The van der Waals surface area contributed by atoms with Crippen molar-refractivity contribution in [1.82, 2.24) is 0 Å². The molecule has 0 saturated heterocycles. The first-order chi connectivity index (χ1) is 17.4. The van der Waals surface area contributed by atoms with E-state index < -0.39 is 0 Å². The summed E-state index contributed by atoms with van der Waals surface area (Å²) in [5.41, 5.74) is 5.04. The summed E-state index contributed by atoms with van der Waals surface area (Å²) in [7, 11) is 1.68. The average Bonchev–Trinajstić information content (AvgIpc) is 3.59. The Balaban J connectivity index is 0.000000756. The summed E-state index contributed by atoms with van der Waals surface area (Å²) in [6, 6.07) is 30.9. The SMILES string of the molecule is COc1ccc(C(C=C(Br)[c-]2cccc2)c2cc(C(C)(C)C)c(O)c(C(C)(C)C)c2)cc1.[Fe].[cH-]1[cH-][cH-][cH-][cH-]1. The smallest absolute Gasteiger partial charge is 0.123 e. The maximum absolute atomic E-state index is 11.2. The van der Waals surface area contributed by atoms with Crippen LogP contribution in [0.15, 0.2) is 97.1 Å². The zero-order valence-electron chi connectivity index (χ0n) is 23.4. The average molecular weight is 615 g/mol. The molecule has 0 spiro atoms. The van der Waals surface area contributed by atoms with Gasteiger partial charge in [-0.3, -0.25) is 0 Å². The molecule has 0 heterocycles. The molecule has 0 aliphatic heterocycles. The van der Waals surface area contributed by atoms with Gasteiger partial charge in [0.1, 0.15) is 11.5 Å². The predicted octanol–water partition coefficient (Wildman–Crippen LogP) is 9.69. The van der Waals surface area contributed by atoms with E-state index in [0.29, 0.717) is 5.75 Å². The number of aromatic hydroxyl groups is 1. The van der Waals surface area contributed by atoms with Crippen LogP contribution in [0.3, 0.4) is 0 Å². The Hall–Kier alpha value is -2.52. The van der Waals surface area contributed by atoms with Gasteiger partial charge in [0.25, 0.3) is 0 Å². The monoisotopic (exact) mass is 614 g/mol. The molecule has 2 nitrogen and oxygen atoms in total. The third kappa shape index (κ3) is 8.24. The molecule has 1 atom stereocenters. The molecule has 0 saturated carbocycles. The number of halogens is 1. The largest absolute Gasteiger partial charge is 0.748 e. The summed E-state index contributed by atoms with van der Waals surface area (Å²) in [6.45, 7) is 12.9. The van der Waals surface area contributed by atoms with E-state index in [1.165, 1.54) is 5.56 Å². The quantitative estimate of drug-likeness (QED) is 0.179. The van der Waals surface area contributed by atoms with Gasteiger partial charge in [-0.2, -0.15) is 12.1 Å². The summed E-state index contributed by atoms with van der Waals surface area (Å²) < 4.78 is 6.43. The van der Waals surface area contributed by atoms with Crippen LogP contribution < -0.4 is 4.74 Å². The van der Waals surface area contributed by atoms with E-state index in [4.69, 9.17) is 4.74 Å². The molecule has 0 aromatic heterocycles. The molecule has 0 fully saturated rings. The molecule has 4 aromatic carbocycles. The Morgan fingerprint density at radius 2 is 1.29 bits per heavy atom. The number of methoxy groups -OCH3 is 1. The van der Waals surface area contributed by atoms with Crippen molar-refractivity contribution in [3.05, 3.63) is 125 Å². The van der Waals surface area contributed by atoms with Crippen molar-refractivity contribution in [3.63, 3.8) is 0 Å². The topological polar surface area (TPSA) is 29.5 Å². The fourth-order valence-corrected chi connectivity index (χ4v) is 4.80. The van der Waals surface area contributed by atoms with E-state index in [-0.39, 0.29) is 33.8 Å². The second kappa shape index (κ2) is 13.5. The van der Waals surface area contributed by atoms with E-state index >= 15 is 0 Å². The fourth-order valence-electron chi connectivity index (χ4n) is 4.27. The number of ether oxygens (including phenoxy) is 1. The van der Waals surface area contributed by atoms with Crippen LogP contribution in [0.4, 0.5) is 0 Å². The Kier molecular flexibility index (Phi) is 11.3. The third-order valence-electron chi connectivity index (χ3n) is 6.39. The van der Waals surface area contributed by atoms with Gasteiger partial charge in [-0.25, -0.2) is 0 Å². The number of hydrogen-bond acceptors (Lipinski definition) is 2. The van der Waals surface area contributed by atoms with Gasteiger partial charge < -0.3 is 40.2 Å². The Bertz CT molecular complexity index is 1220. The molecule has 0 aliphatic rings. The number of allylic oxidation sites excluding steroid dienone is 1. The maximum Gasteiger partial charge on any atom is 0.123 e. The number of phenols is 1. The summed E-state index contributed by atoms with van der Waals surface area (Å²) >= 11 is 3.81. The van der Waals surface area contributed by atoms with Crippen LogP contribution in [-0.4, -0.2) is 12.2 Å². The number of rotatable bonds is 5. The van der Waals surface area contributed by atoms with E-state index in [0.717, 1.165) is 32.5 Å². The normalized spacial score (nSPS) is 12.7. The van der Waals surface area contributed by atoms with Gasteiger partial charge >= 0.3 is 0 Å². The van der Waals surface area contributed by atoms with Crippen LogP contribution in [0.1, 0.15) is 75.3 Å². The first-order valence-electron chi connectivity index (χ1n) is 12.7. The van der Waals surface area contributed by atoms with Crippen molar-refractivity contribution in [2.45, 2.75) is 58.3 Å². The zero-order valence-corrected chi connectivity index (χ0v) is 26.1. The van der Waals surface area contributed by atoms with Crippen LogP contribution in [0, 0.1) is 0 Å². The Labute approximate surface area is 248 Å². The van der Waals surface area contributed by atoms with Crippen molar-refractivity contribution < 1.29 is 26.9 Å². The van der Waals surface area contributed by atoms with Gasteiger partial charge in [-0.1, -0.05) is 86.2 Å². The fraction of sp³-hybridized carbons (Fsp3) is 0.294. The molecular formula is C34H39BrFeO2-6. The Morgan fingerprint density at radius 3 is 1.68 bits per heavy atom. The van der Waals surface area contributed by atoms with Crippen molar-refractivity contribution in [1.29, 1.82) is 0 Å². The summed E-state index contributed by atoms with van der Waals surface area (Å²) in [5, 5.41) is 11.2. The van der Waals surface area contributed by atoms with Crippen LogP contribution in [0.2, 0.25) is 0 Å². The van der Waals surface area contributed by atoms with Gasteiger partial charge in [-0.05, 0) is 51.1 Å². The number of phenolic OH excluding ortho intramolecular Hbond substituents is 1. The van der Waals surface area contributed by atoms with Gasteiger partial charge in [0.05, 0.1) is 7.11 Å². The standard InChI is InChI=1S/C29H34BrO2.C5H5.Fe/c1-28(2,3)24-16-21(17-25(27(24)31)29(4,5)6)23(18-26(30)20-10-8-9-11-20)19-12-14-22(32-7)15-13-19;1-2-4-5-3-1;/h8-18,23,31H,1-7H3;1-5H;/q-1;-5;. The minimum atomic E-state index is -0.183. The first kappa shape index (κ1) is 31.7. The summed E-state index contributed by atoms with van der Waals surface area (Å²) in [6.07, 6.45) is 2.25. The van der Waals surface area contributed by atoms with E-state index in [1.807, 2.05) is 54.6 Å². The van der Waals surface area contributed by atoms with Crippen LogP contribution in [0.25, 0.3) is 4.48 Å². The van der Waals surface area contributed by atoms with E-state index in [1.54, 1.807) is 7.11 Å². The Morgan fingerprint density at radius 1 is 0.842 bits per heavy atom. The van der Waals surface area contributed by atoms with Crippen molar-refractivity contribution in [2.75, 3.05) is 7.11 Å². The maximum atomic E-state index is 11.2. The van der Waals surface area contributed by atoms with Crippen molar-refractivity contribution in [2.24, 2.45) is 0 Å². The molecule has 208 valence electrons. The predicted molar refractivity (Wildman–Crippen MR) is 161 cm³/mol. The summed E-state index contributed by atoms with van der Waals surface area (Å²) in [4.78, 5) is 0. The zero-order chi connectivity index (χ0) is 27.2. The second-order valence-electron chi connectivity index (χ2n) is 11.4. The van der Waals surface area contributed by atoms with E-state index in [2.05, 4.69) is 99.9 Å². The molecule has 0 aliphatic carbocycles. The first-order valence-corrected chi connectivity index (χ1v) is 13.5. The van der Waals surface area contributed by atoms with E-state index in [9.17, 15) is 5.11 Å². The summed E-state index contributed by atoms with van der Waals surface area (Å²) in [5.74, 6) is 1.25. The molecule has 1 N–H and O–H groups in total. The van der Waals surface area contributed by atoms with Gasteiger partial charge in [-0.15, -0.1) is 23.8 Å². The third-order valence-corrected chi connectivity index (χ3v) is 7.11. The molecule has 0 radical (unpaired) electrons. The molecule has 1 unspecified atom stereocenters. The number of hydrogen-bond donors (Lipinski definition) is 1. The minimum absolute atomic E-state index is 0. The minimum Gasteiger partial charge on any atom is -0.748 e. The van der Waals surface area contributed by atoms with Crippen molar-refractivity contribution >= 4 is 20.4 Å². The van der Waals surface area contributed by atoms with Crippen LogP contribution in [-0.2, 0) is 27.9 Å². The molecular weight excluding hydrogens is 576 g/mol. The molecule has 4 rings (SSSR count). The number of benzene rings is 2. The second-order valence-corrected chi connectivity index (χ2v) is 12.2. The molecule has 4 heteroatoms. The van der Waals surface area contributed by atoms with Gasteiger partial charge in [0.2, 0.25) is 0 Å². The van der Waals surface area contributed by atoms with Crippen LogP contribution >= 0.6 is 15.9 Å². The molecule has 0 bridgehead atoms. The molecule has 0 amide bonds. The molecule has 38 heavy (non-hydrogen) atoms.